The van der Waals surface area contributed by atoms with Crippen LogP contribution < -0.4 is 0 Å². The van der Waals surface area contributed by atoms with Crippen LogP contribution in [0.4, 0.5) is 0 Å². The van der Waals surface area contributed by atoms with E-state index in [1.807, 2.05) is 20.8 Å². The highest BCUT2D eigenvalue weighted by Crippen LogP contribution is 2.13. The highest BCUT2D eigenvalue weighted by atomic mass is 32.2. The summed E-state index contributed by atoms with van der Waals surface area (Å²) >= 11 is 0. The molecule has 0 aromatic rings. The third kappa shape index (κ3) is 7.06. The van der Waals surface area contributed by atoms with Gasteiger partial charge in [-0.3, -0.25) is 9.00 Å². The maximum absolute atomic E-state index is 11.6. The van der Waals surface area contributed by atoms with E-state index in [0.717, 1.165) is 12.8 Å². The van der Waals surface area contributed by atoms with E-state index >= 15 is 0 Å². The van der Waals surface area contributed by atoms with Crippen molar-refractivity contribution in [1.29, 1.82) is 0 Å². The summed E-state index contributed by atoms with van der Waals surface area (Å²) in [6.45, 7) is 5.88. The minimum Gasteiger partial charge on any atom is -0.481 e. The molecule has 14 heavy (non-hydrogen) atoms. The Hall–Kier alpha value is -0.380. The summed E-state index contributed by atoms with van der Waals surface area (Å²) in [7, 11) is -0.799. The van der Waals surface area contributed by atoms with E-state index in [1.165, 1.54) is 0 Å². The first-order chi connectivity index (χ1) is 6.34. The van der Waals surface area contributed by atoms with Crippen LogP contribution in [0.15, 0.2) is 0 Å². The molecule has 0 aliphatic carbocycles. The highest BCUT2D eigenvalue weighted by Gasteiger charge is 2.18. The van der Waals surface area contributed by atoms with E-state index in [2.05, 4.69) is 0 Å². The lowest BCUT2D eigenvalue weighted by Gasteiger charge is -2.17. The van der Waals surface area contributed by atoms with Crippen LogP contribution in [0.25, 0.3) is 0 Å². The molecule has 0 fully saturated rings. The summed E-state index contributed by atoms with van der Waals surface area (Å²) in [6, 6.07) is 0. The van der Waals surface area contributed by atoms with Crippen molar-refractivity contribution >= 4 is 16.8 Å². The lowest BCUT2D eigenvalue weighted by Crippen LogP contribution is -2.23. The molecular weight excluding hydrogens is 200 g/mol. The Morgan fingerprint density at radius 1 is 1.21 bits per heavy atom. The van der Waals surface area contributed by atoms with Crippen LogP contribution >= 0.6 is 0 Å². The van der Waals surface area contributed by atoms with Crippen LogP contribution in [0.1, 0.15) is 46.5 Å². The topological polar surface area (TPSA) is 54.4 Å². The van der Waals surface area contributed by atoms with Crippen LogP contribution in [0.2, 0.25) is 0 Å². The Balaban J connectivity index is 3.46. The monoisotopic (exact) mass is 220 g/mol. The van der Waals surface area contributed by atoms with Gasteiger partial charge in [-0.25, -0.2) is 0 Å². The fourth-order valence-corrected chi connectivity index (χ4v) is 2.07. The van der Waals surface area contributed by atoms with Gasteiger partial charge >= 0.3 is 5.97 Å². The van der Waals surface area contributed by atoms with Gasteiger partial charge in [0.2, 0.25) is 0 Å². The minimum absolute atomic E-state index is 0.146. The molecule has 0 aromatic heterocycles. The van der Waals surface area contributed by atoms with Crippen molar-refractivity contribution in [2.24, 2.45) is 0 Å². The quantitative estimate of drug-likeness (QED) is 0.698. The van der Waals surface area contributed by atoms with E-state index < -0.39 is 16.8 Å². The first-order valence-corrected chi connectivity index (χ1v) is 6.26. The summed E-state index contributed by atoms with van der Waals surface area (Å²) in [5.74, 6) is -0.0646. The fourth-order valence-electron chi connectivity index (χ4n) is 0.992. The molecule has 0 aliphatic heterocycles. The van der Waals surface area contributed by atoms with Gasteiger partial charge in [-0.2, -0.15) is 0 Å². The zero-order valence-electron chi connectivity index (χ0n) is 9.21. The minimum atomic E-state index is -0.799. The number of aliphatic carboxylic acids is 1. The lowest BCUT2D eigenvalue weighted by molar-refractivity contribution is -0.137. The molecule has 1 atom stereocenters. The Morgan fingerprint density at radius 2 is 1.79 bits per heavy atom. The second-order valence-corrected chi connectivity index (χ2v) is 6.69. The number of hydrogen-bond acceptors (Lipinski definition) is 2. The molecule has 3 nitrogen and oxygen atoms in total. The molecule has 0 rings (SSSR count). The Morgan fingerprint density at radius 3 is 2.21 bits per heavy atom. The van der Waals surface area contributed by atoms with E-state index in [1.54, 1.807) is 0 Å². The normalized spacial score (nSPS) is 13.9. The average Bonchev–Trinajstić information content (AvgIpc) is 2.01. The van der Waals surface area contributed by atoms with Crippen molar-refractivity contribution in [3.8, 4) is 0 Å². The van der Waals surface area contributed by atoms with Gasteiger partial charge in [-0.15, -0.1) is 0 Å². The van der Waals surface area contributed by atoms with Gasteiger partial charge in [0.15, 0.2) is 0 Å². The summed E-state index contributed by atoms with van der Waals surface area (Å²) in [5, 5.41) is 8.39. The van der Waals surface area contributed by atoms with Crippen LogP contribution in [-0.2, 0) is 15.6 Å². The number of carbonyl (C=O) groups is 1. The van der Waals surface area contributed by atoms with Gasteiger partial charge in [-0.05, 0) is 33.6 Å². The van der Waals surface area contributed by atoms with Crippen molar-refractivity contribution in [2.75, 3.05) is 5.75 Å². The average molecular weight is 220 g/mol. The molecule has 0 radical (unpaired) electrons. The van der Waals surface area contributed by atoms with Gasteiger partial charge in [-0.1, -0.05) is 6.42 Å². The number of unbranched alkanes of at least 4 members (excludes halogenated alkanes) is 2. The molecule has 84 valence electrons. The summed E-state index contributed by atoms with van der Waals surface area (Å²) in [5.41, 5.74) is 0. The fraction of sp³-hybridized carbons (Fsp3) is 0.900. The van der Waals surface area contributed by atoms with E-state index in [4.69, 9.17) is 5.11 Å². The predicted molar refractivity (Wildman–Crippen MR) is 58.9 cm³/mol. The molecule has 0 aromatic carbocycles. The van der Waals surface area contributed by atoms with Crippen molar-refractivity contribution in [2.45, 2.75) is 51.2 Å². The molecule has 0 amide bonds. The van der Waals surface area contributed by atoms with E-state index in [9.17, 15) is 9.00 Å². The van der Waals surface area contributed by atoms with Gasteiger partial charge in [0.1, 0.15) is 0 Å². The van der Waals surface area contributed by atoms with Gasteiger partial charge in [0.25, 0.3) is 0 Å². The van der Waals surface area contributed by atoms with Crippen LogP contribution in [0.5, 0.6) is 0 Å². The third-order valence-electron chi connectivity index (χ3n) is 1.90. The first-order valence-electron chi connectivity index (χ1n) is 4.94. The Bertz CT molecular complexity index is 206. The molecule has 0 saturated heterocycles. The molecule has 1 unspecified atom stereocenters. The molecule has 0 aliphatic rings. The van der Waals surface area contributed by atoms with Crippen molar-refractivity contribution < 1.29 is 14.1 Å². The van der Waals surface area contributed by atoms with Crippen molar-refractivity contribution in [3.63, 3.8) is 0 Å². The molecule has 4 heteroatoms. The first kappa shape index (κ1) is 13.6. The van der Waals surface area contributed by atoms with Crippen LogP contribution in [0.3, 0.4) is 0 Å². The lowest BCUT2D eigenvalue weighted by atomic mass is 10.2. The number of hydrogen-bond donors (Lipinski definition) is 1. The van der Waals surface area contributed by atoms with Crippen molar-refractivity contribution in [3.05, 3.63) is 0 Å². The van der Waals surface area contributed by atoms with Gasteiger partial charge < -0.3 is 5.11 Å². The van der Waals surface area contributed by atoms with Crippen molar-refractivity contribution in [1.82, 2.24) is 0 Å². The SMILES string of the molecule is CC(C)(C)S(=O)CCCCCC(=O)O. The molecule has 1 N–H and O–H groups in total. The number of carboxylic acid groups (broad SMARTS) is 1. The smallest absolute Gasteiger partial charge is 0.303 e. The predicted octanol–water partition coefficient (Wildman–Crippen LogP) is 2.18. The summed E-state index contributed by atoms with van der Waals surface area (Å²) < 4.78 is 11.4. The third-order valence-corrected chi connectivity index (χ3v) is 3.93. The molecule has 0 heterocycles. The second kappa shape index (κ2) is 6.17. The summed E-state index contributed by atoms with van der Waals surface area (Å²) in [4.78, 5) is 10.2. The van der Waals surface area contributed by atoms with Crippen LogP contribution in [-0.4, -0.2) is 25.8 Å². The van der Waals surface area contributed by atoms with E-state index in [0.29, 0.717) is 12.2 Å². The van der Waals surface area contributed by atoms with E-state index in [-0.39, 0.29) is 11.2 Å². The zero-order chi connectivity index (χ0) is 11.2. The molecule has 0 spiro atoms. The maximum atomic E-state index is 11.6. The number of rotatable bonds is 6. The highest BCUT2D eigenvalue weighted by molar-refractivity contribution is 7.86. The summed E-state index contributed by atoms with van der Waals surface area (Å²) in [6.07, 6.45) is 2.63. The molecule has 0 bridgehead atoms. The maximum Gasteiger partial charge on any atom is 0.303 e. The zero-order valence-corrected chi connectivity index (χ0v) is 10.0. The van der Waals surface area contributed by atoms with Gasteiger partial charge in [0, 0.05) is 27.7 Å². The number of carboxylic acids is 1. The largest absolute Gasteiger partial charge is 0.481 e. The van der Waals surface area contributed by atoms with Crippen LogP contribution in [0, 0.1) is 0 Å². The Labute approximate surface area is 88.4 Å². The van der Waals surface area contributed by atoms with Gasteiger partial charge in [0.05, 0.1) is 0 Å². The molecule has 0 saturated carbocycles. The molecular formula is C10H20O3S. The second-order valence-electron chi connectivity index (χ2n) is 4.37. The Kier molecular flexibility index (Phi) is 6.00. The standard InChI is InChI=1S/C10H20O3S/c1-10(2,3)14(13)8-6-4-5-7-9(11)12/h4-8H2,1-3H3,(H,11,12).